The maximum absolute atomic E-state index is 13.3. The monoisotopic (exact) mass is 457 g/mol. The SMILES string of the molecule is [2H]C(c1csnc1OCCCCCC(=O)O)N(C(=O)c1ccc(-c2ccco2)cc1)C(C)C. The molecule has 170 valence electrons. The molecule has 0 radical (unpaired) electrons. The number of aliphatic carboxylic acids is 1. The fourth-order valence-corrected chi connectivity index (χ4v) is 3.70. The standard InChI is InChI=1S/C24H28N2O5S/c1-17(2)26(24(29)19-11-9-18(10-12-19)21-7-6-14-30-21)15-20-16-32-25-23(20)31-13-5-3-4-8-22(27)28/h6-7,9-12,14,16-17H,3-5,8,13,15H2,1-2H3,(H,27,28)/i15D. The van der Waals surface area contributed by atoms with Gasteiger partial charge >= 0.3 is 5.97 Å². The molecular weight excluding hydrogens is 428 g/mol. The van der Waals surface area contributed by atoms with Crippen LogP contribution in [-0.4, -0.2) is 38.9 Å². The number of furan rings is 1. The first-order valence-corrected chi connectivity index (χ1v) is 11.4. The molecule has 3 rings (SSSR count). The summed E-state index contributed by atoms with van der Waals surface area (Å²) >= 11 is 1.18. The Balaban J connectivity index is 1.66. The number of ether oxygens (including phenoxy) is 1. The van der Waals surface area contributed by atoms with Gasteiger partial charge in [0.05, 0.1) is 20.8 Å². The molecule has 1 aromatic carbocycles. The van der Waals surface area contributed by atoms with E-state index in [2.05, 4.69) is 4.37 Å². The van der Waals surface area contributed by atoms with E-state index in [9.17, 15) is 9.59 Å². The fourth-order valence-electron chi connectivity index (χ4n) is 3.11. The summed E-state index contributed by atoms with van der Waals surface area (Å²) in [5, 5.41) is 10.4. The first kappa shape index (κ1) is 22.1. The number of carboxylic acids is 1. The van der Waals surface area contributed by atoms with Gasteiger partial charge in [0.15, 0.2) is 0 Å². The molecule has 2 heterocycles. The topological polar surface area (TPSA) is 92.9 Å². The van der Waals surface area contributed by atoms with E-state index in [1.807, 2.05) is 38.1 Å². The predicted octanol–water partition coefficient (Wildman–Crippen LogP) is 5.48. The number of benzene rings is 1. The second-order valence-electron chi connectivity index (χ2n) is 7.62. The molecule has 1 unspecified atom stereocenters. The Hall–Kier alpha value is -3.13. The molecule has 0 aliphatic carbocycles. The van der Waals surface area contributed by atoms with Crippen LogP contribution in [0.2, 0.25) is 0 Å². The molecule has 0 aliphatic rings. The van der Waals surface area contributed by atoms with Crippen LogP contribution >= 0.6 is 11.5 Å². The van der Waals surface area contributed by atoms with E-state index in [1.54, 1.807) is 23.8 Å². The normalized spacial score (nSPS) is 12.4. The molecule has 1 atom stereocenters. The molecule has 32 heavy (non-hydrogen) atoms. The third kappa shape index (κ3) is 6.43. The largest absolute Gasteiger partial charge is 0.481 e. The summed E-state index contributed by atoms with van der Waals surface area (Å²) in [5.41, 5.74) is 1.90. The Bertz CT molecular complexity index is 1030. The number of nitrogens with zero attached hydrogens (tertiary/aromatic N) is 2. The van der Waals surface area contributed by atoms with E-state index in [-0.39, 0.29) is 18.4 Å². The predicted molar refractivity (Wildman–Crippen MR) is 123 cm³/mol. The number of amides is 1. The second kappa shape index (κ2) is 11.5. The van der Waals surface area contributed by atoms with Crippen LogP contribution in [0.5, 0.6) is 5.88 Å². The molecule has 0 fully saturated rings. The molecule has 0 saturated carbocycles. The fraction of sp³-hybridized carbons (Fsp3) is 0.375. The van der Waals surface area contributed by atoms with Gasteiger partial charge in [-0.05, 0) is 68.9 Å². The molecule has 0 aliphatic heterocycles. The minimum Gasteiger partial charge on any atom is -0.481 e. The van der Waals surface area contributed by atoms with Gasteiger partial charge in [-0.1, -0.05) is 12.1 Å². The molecule has 2 aromatic heterocycles. The molecule has 0 saturated heterocycles. The summed E-state index contributed by atoms with van der Waals surface area (Å²) in [6.07, 6.45) is 3.77. The van der Waals surface area contributed by atoms with Crippen molar-refractivity contribution in [3.8, 4) is 17.2 Å². The molecule has 1 amide bonds. The summed E-state index contributed by atoms with van der Waals surface area (Å²) in [5.74, 6) is 0.0256. The van der Waals surface area contributed by atoms with Crippen LogP contribution in [0.15, 0.2) is 52.5 Å². The van der Waals surface area contributed by atoms with E-state index in [0.29, 0.717) is 36.5 Å². The Morgan fingerprint density at radius 1 is 1.22 bits per heavy atom. The van der Waals surface area contributed by atoms with Crippen LogP contribution in [0.25, 0.3) is 11.3 Å². The number of hydrogen-bond donors (Lipinski definition) is 1. The highest BCUT2D eigenvalue weighted by molar-refractivity contribution is 7.03. The summed E-state index contributed by atoms with van der Waals surface area (Å²) < 4.78 is 24.2. The zero-order valence-electron chi connectivity index (χ0n) is 19.2. The van der Waals surface area contributed by atoms with Gasteiger partial charge in [-0.3, -0.25) is 9.59 Å². The lowest BCUT2D eigenvalue weighted by atomic mass is 10.1. The highest BCUT2D eigenvalue weighted by atomic mass is 32.1. The highest BCUT2D eigenvalue weighted by Crippen LogP contribution is 2.25. The van der Waals surface area contributed by atoms with Crippen molar-refractivity contribution < 1.29 is 25.2 Å². The van der Waals surface area contributed by atoms with Crippen molar-refractivity contribution in [3.05, 3.63) is 59.2 Å². The van der Waals surface area contributed by atoms with E-state index < -0.39 is 12.5 Å². The van der Waals surface area contributed by atoms with Crippen molar-refractivity contribution in [2.24, 2.45) is 0 Å². The maximum atomic E-state index is 13.3. The highest BCUT2D eigenvalue weighted by Gasteiger charge is 2.22. The van der Waals surface area contributed by atoms with Gasteiger partial charge < -0.3 is 19.2 Å². The van der Waals surface area contributed by atoms with Crippen molar-refractivity contribution >= 4 is 23.4 Å². The molecule has 0 bridgehead atoms. The lowest BCUT2D eigenvalue weighted by Gasteiger charge is -2.27. The lowest BCUT2D eigenvalue weighted by Crippen LogP contribution is -2.36. The van der Waals surface area contributed by atoms with Crippen molar-refractivity contribution in [3.63, 3.8) is 0 Å². The van der Waals surface area contributed by atoms with Gasteiger partial charge in [-0.25, -0.2) is 0 Å². The van der Waals surface area contributed by atoms with Gasteiger partial charge in [-0.2, -0.15) is 4.37 Å². The van der Waals surface area contributed by atoms with Gasteiger partial charge in [-0.15, -0.1) is 0 Å². The van der Waals surface area contributed by atoms with Crippen LogP contribution in [0.4, 0.5) is 0 Å². The minimum absolute atomic E-state index is 0.144. The number of carboxylic acid groups (broad SMARTS) is 1. The van der Waals surface area contributed by atoms with Crippen LogP contribution in [0.3, 0.4) is 0 Å². The number of carbonyl (C=O) groups excluding carboxylic acids is 1. The van der Waals surface area contributed by atoms with Gasteiger partial charge in [0.1, 0.15) is 5.76 Å². The Kier molecular flexibility index (Phi) is 7.92. The van der Waals surface area contributed by atoms with Crippen LogP contribution in [-0.2, 0) is 11.3 Å². The number of hydrogen-bond acceptors (Lipinski definition) is 6. The van der Waals surface area contributed by atoms with Gasteiger partial charge in [0, 0.05) is 34.5 Å². The van der Waals surface area contributed by atoms with Crippen molar-refractivity contribution in [2.75, 3.05) is 6.61 Å². The third-order valence-corrected chi connectivity index (χ3v) is 5.47. The zero-order chi connectivity index (χ0) is 23.8. The number of rotatable bonds is 12. The van der Waals surface area contributed by atoms with E-state index in [1.165, 1.54) is 16.4 Å². The van der Waals surface area contributed by atoms with Crippen molar-refractivity contribution in [1.82, 2.24) is 9.27 Å². The van der Waals surface area contributed by atoms with Crippen LogP contribution < -0.4 is 4.74 Å². The first-order valence-electron chi connectivity index (χ1n) is 11.1. The molecule has 1 N–H and O–H groups in total. The van der Waals surface area contributed by atoms with Crippen LogP contribution in [0.1, 0.15) is 56.8 Å². The van der Waals surface area contributed by atoms with E-state index in [0.717, 1.165) is 17.7 Å². The van der Waals surface area contributed by atoms with Gasteiger partial charge in [0.2, 0.25) is 5.88 Å². The second-order valence-corrected chi connectivity index (χ2v) is 8.25. The Morgan fingerprint density at radius 3 is 2.66 bits per heavy atom. The van der Waals surface area contributed by atoms with E-state index in [4.69, 9.17) is 15.6 Å². The molecule has 7 nitrogen and oxygen atoms in total. The molecule has 3 aromatic rings. The maximum Gasteiger partial charge on any atom is 0.303 e. The zero-order valence-corrected chi connectivity index (χ0v) is 19.0. The Labute approximate surface area is 193 Å². The molecule has 8 heteroatoms. The lowest BCUT2D eigenvalue weighted by molar-refractivity contribution is -0.137. The number of carbonyl (C=O) groups is 2. The smallest absolute Gasteiger partial charge is 0.303 e. The summed E-state index contributed by atoms with van der Waals surface area (Å²) in [6, 6.07) is 10.6. The van der Waals surface area contributed by atoms with Gasteiger partial charge in [0.25, 0.3) is 5.91 Å². The minimum atomic E-state index is -0.969. The summed E-state index contributed by atoms with van der Waals surface area (Å²) in [6.45, 7) is 3.16. The number of unbranched alkanes of at least 4 members (excludes halogenated alkanes) is 2. The first-order chi connectivity index (χ1) is 15.9. The molecule has 0 spiro atoms. The quantitative estimate of drug-likeness (QED) is 0.362. The third-order valence-electron chi connectivity index (χ3n) is 4.84. The average molecular weight is 458 g/mol. The van der Waals surface area contributed by atoms with E-state index >= 15 is 0 Å². The summed E-state index contributed by atoms with van der Waals surface area (Å²) in [7, 11) is 0. The van der Waals surface area contributed by atoms with Crippen molar-refractivity contribution in [1.29, 1.82) is 0 Å². The van der Waals surface area contributed by atoms with Crippen molar-refractivity contribution in [2.45, 2.75) is 52.1 Å². The Morgan fingerprint density at radius 2 is 2.00 bits per heavy atom. The number of aromatic nitrogens is 1. The molecular formula is C24H28N2O5S. The average Bonchev–Trinajstić information content (AvgIpc) is 3.48. The van der Waals surface area contributed by atoms with Crippen LogP contribution in [0, 0.1) is 0 Å². The summed E-state index contributed by atoms with van der Waals surface area (Å²) in [4.78, 5) is 25.4.